The van der Waals surface area contributed by atoms with Crippen LogP contribution in [0.25, 0.3) is 15.9 Å². The number of hydrogen-bond acceptors (Lipinski definition) is 6. The molecule has 3 aromatic heterocycles. The van der Waals surface area contributed by atoms with Crippen molar-refractivity contribution >= 4 is 50.6 Å². The van der Waals surface area contributed by atoms with Gasteiger partial charge in [0.25, 0.3) is 5.82 Å². The topological polar surface area (TPSA) is 56.0 Å². The fourth-order valence-corrected chi connectivity index (χ4v) is 4.13. The maximum absolute atomic E-state index is 12.9. The van der Waals surface area contributed by atoms with Gasteiger partial charge in [-0.05, 0) is 42.1 Å². The zero-order chi connectivity index (χ0) is 16.9. The maximum Gasteiger partial charge on any atom is 0.453 e. The summed E-state index contributed by atoms with van der Waals surface area (Å²) in [6.07, 6.45) is -4.62. The van der Waals surface area contributed by atoms with Gasteiger partial charge in [0.05, 0.1) is 10.2 Å². The van der Waals surface area contributed by atoms with Crippen LogP contribution in [0, 0.1) is 0 Å². The van der Waals surface area contributed by atoms with Crippen LogP contribution >= 0.6 is 34.7 Å². The molecule has 0 bridgehead atoms. The Labute approximate surface area is 145 Å². The highest BCUT2D eigenvalue weighted by Crippen LogP contribution is 2.35. The van der Waals surface area contributed by atoms with Gasteiger partial charge in [0, 0.05) is 5.02 Å². The number of rotatable bonds is 2. The first-order valence-corrected chi connectivity index (χ1v) is 8.45. The summed E-state index contributed by atoms with van der Waals surface area (Å²) in [4.78, 5) is 4.40. The molecule has 0 amide bonds. The molecule has 0 spiro atoms. The molecule has 0 N–H and O–H groups in total. The molecule has 122 valence electrons. The Morgan fingerprint density at radius 3 is 2.75 bits per heavy atom. The fourth-order valence-electron chi connectivity index (χ4n) is 2.02. The quantitative estimate of drug-likeness (QED) is 0.504. The second-order valence-corrected chi connectivity index (χ2v) is 7.39. The van der Waals surface area contributed by atoms with Crippen LogP contribution < -0.4 is 0 Å². The van der Waals surface area contributed by atoms with Crippen molar-refractivity contribution in [1.29, 1.82) is 0 Å². The summed E-state index contributed by atoms with van der Waals surface area (Å²) in [7, 11) is 0. The van der Waals surface area contributed by atoms with Crippen molar-refractivity contribution in [2.24, 2.45) is 0 Å². The van der Waals surface area contributed by atoms with Gasteiger partial charge in [-0.15, -0.1) is 21.5 Å². The third-order valence-corrected chi connectivity index (χ3v) is 5.27. The van der Waals surface area contributed by atoms with E-state index in [0.29, 0.717) is 18.9 Å². The zero-order valence-electron chi connectivity index (χ0n) is 11.5. The van der Waals surface area contributed by atoms with Crippen LogP contribution in [0.1, 0.15) is 5.82 Å². The highest BCUT2D eigenvalue weighted by molar-refractivity contribution is 8.01. The van der Waals surface area contributed by atoms with Crippen LogP contribution in [-0.2, 0) is 6.18 Å². The molecule has 11 heteroatoms. The smallest absolute Gasteiger partial charge is 0.229 e. The van der Waals surface area contributed by atoms with Gasteiger partial charge in [-0.3, -0.25) is 0 Å². The number of nitrogens with zero attached hydrogens (tertiary/aromatic N) is 5. The fraction of sp³-hybridized carbons (Fsp3) is 0.0769. The summed E-state index contributed by atoms with van der Waals surface area (Å²) in [5.74, 6) is -1.16. The average Bonchev–Trinajstić information content (AvgIpc) is 3.09. The van der Waals surface area contributed by atoms with E-state index in [1.807, 2.05) is 6.07 Å². The summed E-state index contributed by atoms with van der Waals surface area (Å²) in [6, 6.07) is 8.34. The van der Waals surface area contributed by atoms with E-state index in [1.165, 1.54) is 29.2 Å². The van der Waals surface area contributed by atoms with Crippen molar-refractivity contribution in [2.75, 3.05) is 0 Å². The normalized spacial score (nSPS) is 12.3. The Morgan fingerprint density at radius 2 is 1.96 bits per heavy atom. The van der Waals surface area contributed by atoms with Gasteiger partial charge in [-0.1, -0.05) is 11.6 Å². The lowest BCUT2D eigenvalue weighted by Gasteiger charge is -2.03. The van der Waals surface area contributed by atoms with Crippen LogP contribution in [0.4, 0.5) is 13.2 Å². The molecule has 4 rings (SSSR count). The molecule has 0 aliphatic carbocycles. The lowest BCUT2D eigenvalue weighted by molar-refractivity contribution is -0.146. The average molecular weight is 388 g/mol. The Kier molecular flexibility index (Phi) is 3.62. The minimum atomic E-state index is -4.62. The highest BCUT2D eigenvalue weighted by Gasteiger charge is 2.37. The van der Waals surface area contributed by atoms with Crippen molar-refractivity contribution in [2.45, 2.75) is 15.5 Å². The number of thiazole rings is 1. The van der Waals surface area contributed by atoms with Gasteiger partial charge in [0.1, 0.15) is 5.03 Å². The predicted molar refractivity (Wildman–Crippen MR) is 84.5 cm³/mol. The molecule has 0 unspecified atom stereocenters. The first kappa shape index (κ1) is 15.6. The molecular weight excluding hydrogens is 383 g/mol. The number of fused-ring (bicyclic) bond motifs is 2. The van der Waals surface area contributed by atoms with Gasteiger partial charge in [0.2, 0.25) is 0 Å². The summed E-state index contributed by atoms with van der Waals surface area (Å²) >= 11 is 8.50. The third-order valence-electron chi connectivity index (χ3n) is 3.01. The van der Waals surface area contributed by atoms with Crippen molar-refractivity contribution < 1.29 is 13.2 Å². The number of hydrogen-bond donors (Lipinski definition) is 0. The van der Waals surface area contributed by atoms with Gasteiger partial charge in [0.15, 0.2) is 9.99 Å². The van der Waals surface area contributed by atoms with E-state index in [4.69, 9.17) is 11.6 Å². The van der Waals surface area contributed by atoms with Crippen molar-refractivity contribution in [1.82, 2.24) is 24.8 Å². The van der Waals surface area contributed by atoms with E-state index < -0.39 is 12.0 Å². The Balaban J connectivity index is 1.73. The lowest BCUT2D eigenvalue weighted by Crippen LogP contribution is -2.12. The number of aromatic nitrogens is 5. The molecule has 5 nitrogen and oxygen atoms in total. The molecule has 1 aromatic carbocycles. The Bertz CT molecular complexity index is 1060. The first-order valence-electron chi connectivity index (χ1n) is 6.44. The van der Waals surface area contributed by atoms with Gasteiger partial charge >= 0.3 is 6.18 Å². The van der Waals surface area contributed by atoms with Crippen LogP contribution in [0.2, 0.25) is 5.02 Å². The molecule has 24 heavy (non-hydrogen) atoms. The standard InChI is InChI=1S/C13H5ClF3N5S2/c14-6-1-2-8-7(5-6)18-12(23-8)24-10-4-3-9-19-20-11(13(15,16)17)22(9)21-10/h1-5H. The SMILES string of the molecule is FC(F)(F)c1nnc2ccc(Sc3nc4cc(Cl)ccc4s3)nn12. The van der Waals surface area contributed by atoms with Crippen LogP contribution in [-0.4, -0.2) is 24.8 Å². The van der Waals surface area contributed by atoms with E-state index >= 15 is 0 Å². The van der Waals surface area contributed by atoms with E-state index in [1.54, 1.807) is 18.2 Å². The second kappa shape index (κ2) is 5.57. The molecule has 0 radical (unpaired) electrons. The van der Waals surface area contributed by atoms with E-state index in [2.05, 4.69) is 20.3 Å². The molecule has 0 fully saturated rings. The molecule has 0 saturated heterocycles. The predicted octanol–water partition coefficient (Wildman–Crippen LogP) is 4.56. The molecular formula is C13H5ClF3N5S2. The molecule has 4 aromatic rings. The monoisotopic (exact) mass is 387 g/mol. The summed E-state index contributed by atoms with van der Waals surface area (Å²) in [5, 5.41) is 11.5. The summed E-state index contributed by atoms with van der Waals surface area (Å²) in [6.45, 7) is 0. The van der Waals surface area contributed by atoms with Crippen molar-refractivity contribution in [3.63, 3.8) is 0 Å². The molecule has 3 heterocycles. The van der Waals surface area contributed by atoms with Crippen molar-refractivity contribution in [3.05, 3.63) is 41.2 Å². The first-order chi connectivity index (χ1) is 11.4. The minimum Gasteiger partial charge on any atom is -0.229 e. The maximum atomic E-state index is 12.9. The van der Waals surface area contributed by atoms with Crippen LogP contribution in [0.15, 0.2) is 39.7 Å². The largest absolute Gasteiger partial charge is 0.453 e. The molecule has 0 saturated carbocycles. The lowest BCUT2D eigenvalue weighted by atomic mass is 10.3. The van der Waals surface area contributed by atoms with E-state index in [9.17, 15) is 13.2 Å². The second-order valence-electron chi connectivity index (χ2n) is 4.66. The number of benzene rings is 1. The number of halogens is 4. The van der Waals surface area contributed by atoms with Gasteiger partial charge in [-0.2, -0.15) is 22.8 Å². The highest BCUT2D eigenvalue weighted by atomic mass is 35.5. The summed E-state index contributed by atoms with van der Waals surface area (Å²) in [5.41, 5.74) is 0.763. The minimum absolute atomic E-state index is 0.0303. The Hall–Kier alpha value is -1.91. The zero-order valence-corrected chi connectivity index (χ0v) is 13.8. The Morgan fingerprint density at radius 1 is 1.12 bits per heavy atom. The van der Waals surface area contributed by atoms with E-state index in [-0.39, 0.29) is 5.65 Å². The van der Waals surface area contributed by atoms with E-state index in [0.717, 1.165) is 10.2 Å². The van der Waals surface area contributed by atoms with Gasteiger partial charge in [-0.25, -0.2) is 4.98 Å². The number of alkyl halides is 3. The third kappa shape index (κ3) is 2.80. The molecule has 0 atom stereocenters. The van der Waals surface area contributed by atoms with Crippen molar-refractivity contribution in [3.8, 4) is 0 Å². The van der Waals surface area contributed by atoms with Crippen LogP contribution in [0.3, 0.4) is 0 Å². The molecule has 0 aliphatic rings. The molecule has 0 aliphatic heterocycles. The van der Waals surface area contributed by atoms with Gasteiger partial charge < -0.3 is 0 Å². The van der Waals surface area contributed by atoms with Crippen LogP contribution in [0.5, 0.6) is 0 Å². The summed E-state index contributed by atoms with van der Waals surface area (Å²) < 4.78 is 41.0.